The zero-order chi connectivity index (χ0) is 31.8. The average Bonchev–Trinajstić information content (AvgIpc) is 3.76. The fourth-order valence-electron chi connectivity index (χ4n) is 6.33. The molecule has 1 aliphatic carbocycles. The number of amides is 3. The van der Waals surface area contributed by atoms with Crippen LogP contribution in [-0.4, -0.2) is 64.4 Å². The number of aromatic nitrogens is 1. The first-order valence-corrected chi connectivity index (χ1v) is 16.5. The first-order chi connectivity index (χ1) is 21.8. The number of likely N-dealkylation sites (tertiary alicyclic amines) is 1. The number of ketones is 1. The molecular formula is C34H40N4O6S. The predicted molar refractivity (Wildman–Crippen MR) is 170 cm³/mol. The molecular weight excluding hydrogens is 592 g/mol. The number of aryl methyl sites for hydroxylation is 1. The third-order valence-electron chi connectivity index (χ3n) is 8.73. The van der Waals surface area contributed by atoms with Gasteiger partial charge in [-0.25, -0.2) is 9.78 Å². The molecule has 11 heteroatoms. The highest BCUT2D eigenvalue weighted by Gasteiger charge is 2.40. The van der Waals surface area contributed by atoms with Gasteiger partial charge in [0.15, 0.2) is 0 Å². The van der Waals surface area contributed by atoms with Gasteiger partial charge in [-0.3, -0.25) is 14.4 Å². The second-order valence-corrected chi connectivity index (χ2v) is 12.6. The van der Waals surface area contributed by atoms with Crippen molar-refractivity contribution >= 4 is 35.0 Å². The number of phenolic OH excluding ortho intramolecular Hbond substituents is 1. The number of carbonyl (C=O) groups is 4. The molecule has 2 aliphatic rings. The van der Waals surface area contributed by atoms with Crippen molar-refractivity contribution in [1.29, 1.82) is 0 Å². The van der Waals surface area contributed by atoms with E-state index in [9.17, 15) is 24.3 Å². The van der Waals surface area contributed by atoms with Gasteiger partial charge in [0.05, 0.1) is 13.2 Å². The van der Waals surface area contributed by atoms with Gasteiger partial charge in [0.2, 0.25) is 17.6 Å². The van der Waals surface area contributed by atoms with Crippen molar-refractivity contribution < 1.29 is 29.0 Å². The van der Waals surface area contributed by atoms with E-state index in [0.29, 0.717) is 36.4 Å². The van der Waals surface area contributed by atoms with E-state index in [1.807, 2.05) is 30.3 Å². The van der Waals surface area contributed by atoms with Crippen molar-refractivity contribution in [1.82, 2.24) is 20.5 Å². The molecule has 0 unspecified atom stereocenters. The molecule has 2 aromatic carbocycles. The van der Waals surface area contributed by atoms with E-state index in [2.05, 4.69) is 15.6 Å². The normalized spacial score (nSPS) is 18.2. The monoisotopic (exact) mass is 632 g/mol. The van der Waals surface area contributed by atoms with Crippen LogP contribution in [-0.2, 0) is 20.7 Å². The predicted octanol–water partition coefficient (Wildman–Crippen LogP) is 5.17. The molecule has 238 valence electrons. The van der Waals surface area contributed by atoms with Gasteiger partial charge in [0.1, 0.15) is 28.5 Å². The van der Waals surface area contributed by atoms with Crippen LogP contribution in [0.3, 0.4) is 0 Å². The lowest BCUT2D eigenvalue weighted by molar-refractivity contribution is -0.139. The largest absolute Gasteiger partial charge is 0.508 e. The molecule has 0 spiro atoms. The Balaban J connectivity index is 1.34. The molecule has 0 bridgehead atoms. The van der Waals surface area contributed by atoms with Gasteiger partial charge >= 0.3 is 6.09 Å². The lowest BCUT2D eigenvalue weighted by Crippen LogP contribution is -2.57. The second-order valence-electron chi connectivity index (χ2n) is 11.7. The standard InChI is InChI=1S/C34H40N4O6S/c1-44-34(43)36-26(18-17-22-10-4-2-5-11-22)31(41)37-29(23-12-6-3-7-13-23)33(42)38-19-9-16-28(38)32-35-27(21-45-32)30(40)24-14-8-15-25(39)20-24/h2,4-5,8,10-11,14-15,20-21,23,26,28-29,39H,3,6-7,9,12-13,16-19H2,1H3,(H,36,43)(H,37,41)/t26-,28-,29-/m0/s1. The Hall–Kier alpha value is -4.25. The molecule has 3 aromatic rings. The van der Waals surface area contributed by atoms with Gasteiger partial charge in [0.25, 0.3) is 0 Å². The zero-order valence-electron chi connectivity index (χ0n) is 25.4. The Labute approximate surface area is 267 Å². The maximum absolute atomic E-state index is 14.3. The Bertz CT molecular complexity index is 1490. The molecule has 0 radical (unpaired) electrons. The van der Waals surface area contributed by atoms with Crippen molar-refractivity contribution in [2.75, 3.05) is 13.7 Å². The summed E-state index contributed by atoms with van der Waals surface area (Å²) >= 11 is 1.34. The molecule has 1 saturated carbocycles. The lowest BCUT2D eigenvalue weighted by Gasteiger charge is -2.35. The van der Waals surface area contributed by atoms with E-state index < -0.39 is 24.1 Å². The highest BCUT2D eigenvalue weighted by Crippen LogP contribution is 2.36. The van der Waals surface area contributed by atoms with Gasteiger partial charge in [-0.15, -0.1) is 11.3 Å². The number of hydrogen-bond donors (Lipinski definition) is 3. The maximum atomic E-state index is 14.3. The van der Waals surface area contributed by atoms with Crippen molar-refractivity contribution in [3.8, 4) is 5.75 Å². The van der Waals surface area contributed by atoms with Crippen molar-refractivity contribution in [2.45, 2.75) is 75.9 Å². The summed E-state index contributed by atoms with van der Waals surface area (Å²) in [5, 5.41) is 17.9. The number of nitrogens with one attached hydrogen (secondary N) is 2. The van der Waals surface area contributed by atoms with Gasteiger partial charge in [-0.05, 0) is 62.1 Å². The van der Waals surface area contributed by atoms with E-state index >= 15 is 0 Å². The molecule has 5 rings (SSSR count). The summed E-state index contributed by atoms with van der Waals surface area (Å²) in [6.07, 6.45) is 6.40. The van der Waals surface area contributed by atoms with Crippen LogP contribution in [0.2, 0.25) is 0 Å². The van der Waals surface area contributed by atoms with Crippen molar-refractivity contribution in [2.24, 2.45) is 5.92 Å². The van der Waals surface area contributed by atoms with Gasteiger partial charge < -0.3 is 25.4 Å². The minimum atomic E-state index is -0.879. The molecule has 3 N–H and O–H groups in total. The maximum Gasteiger partial charge on any atom is 0.407 e. The number of alkyl carbamates (subject to hydrolysis) is 1. The molecule has 1 saturated heterocycles. The van der Waals surface area contributed by atoms with Crippen LogP contribution < -0.4 is 10.6 Å². The number of hydrogen-bond acceptors (Lipinski definition) is 8. The van der Waals surface area contributed by atoms with Gasteiger partial charge in [0, 0.05) is 17.5 Å². The lowest BCUT2D eigenvalue weighted by atomic mass is 9.83. The average molecular weight is 633 g/mol. The van der Waals surface area contributed by atoms with E-state index in [-0.39, 0.29) is 35.1 Å². The molecule has 3 atom stereocenters. The summed E-state index contributed by atoms with van der Waals surface area (Å²) in [6.45, 7) is 0.524. The molecule has 3 amide bonds. The fraction of sp³-hybridized carbons (Fsp3) is 0.441. The van der Waals surface area contributed by atoms with Gasteiger partial charge in [-0.1, -0.05) is 61.7 Å². The van der Waals surface area contributed by atoms with Crippen LogP contribution in [0, 0.1) is 5.92 Å². The van der Waals surface area contributed by atoms with E-state index in [1.54, 1.807) is 22.4 Å². The molecule has 2 fully saturated rings. The number of thiazole rings is 1. The molecule has 10 nitrogen and oxygen atoms in total. The van der Waals surface area contributed by atoms with Gasteiger partial charge in [-0.2, -0.15) is 0 Å². The minimum absolute atomic E-state index is 0.00348. The molecule has 1 aliphatic heterocycles. The van der Waals surface area contributed by atoms with Crippen LogP contribution in [0.25, 0.3) is 0 Å². The Morgan fingerprint density at radius 2 is 1.78 bits per heavy atom. The quantitative estimate of drug-likeness (QED) is 0.248. The van der Waals surface area contributed by atoms with E-state index in [4.69, 9.17) is 4.74 Å². The molecule has 45 heavy (non-hydrogen) atoms. The van der Waals surface area contributed by atoms with E-state index in [1.165, 1.54) is 30.6 Å². The van der Waals surface area contributed by atoms with Crippen LogP contribution >= 0.6 is 11.3 Å². The van der Waals surface area contributed by atoms with Crippen molar-refractivity contribution in [3.05, 3.63) is 81.8 Å². The minimum Gasteiger partial charge on any atom is -0.508 e. The Morgan fingerprint density at radius 3 is 2.51 bits per heavy atom. The molecule has 1 aromatic heterocycles. The summed E-state index contributed by atoms with van der Waals surface area (Å²) in [5.41, 5.74) is 1.65. The SMILES string of the molecule is COC(=O)N[C@@H](CCc1ccccc1)C(=O)N[C@H](C(=O)N1CCC[C@H]1c1nc(C(=O)c2cccc(O)c2)cs1)C1CCCCC1. The highest BCUT2D eigenvalue weighted by atomic mass is 32.1. The Morgan fingerprint density at radius 1 is 1.00 bits per heavy atom. The third-order valence-corrected chi connectivity index (χ3v) is 9.67. The first kappa shape index (κ1) is 32.2. The first-order valence-electron chi connectivity index (χ1n) is 15.6. The third kappa shape index (κ3) is 8.08. The smallest absolute Gasteiger partial charge is 0.407 e. The number of aromatic hydroxyl groups is 1. The number of nitrogens with zero attached hydrogens (tertiary/aromatic N) is 2. The summed E-state index contributed by atoms with van der Waals surface area (Å²) in [6, 6.07) is 13.9. The number of ether oxygens (including phenoxy) is 1. The van der Waals surface area contributed by atoms with E-state index in [0.717, 1.165) is 44.1 Å². The fourth-order valence-corrected chi connectivity index (χ4v) is 7.28. The topological polar surface area (TPSA) is 138 Å². The number of benzene rings is 2. The van der Waals surface area contributed by atoms with Crippen LogP contribution in [0.15, 0.2) is 60.0 Å². The highest BCUT2D eigenvalue weighted by molar-refractivity contribution is 7.10. The summed E-state index contributed by atoms with van der Waals surface area (Å²) in [7, 11) is 1.25. The zero-order valence-corrected chi connectivity index (χ0v) is 26.3. The number of carbonyl (C=O) groups excluding carboxylic acids is 4. The van der Waals surface area contributed by atoms with Crippen LogP contribution in [0.4, 0.5) is 4.79 Å². The van der Waals surface area contributed by atoms with Crippen LogP contribution in [0.5, 0.6) is 5.75 Å². The van der Waals surface area contributed by atoms with Crippen molar-refractivity contribution in [3.63, 3.8) is 0 Å². The summed E-state index contributed by atoms with van der Waals surface area (Å²) in [4.78, 5) is 59.8. The molecule has 2 heterocycles. The second kappa shape index (κ2) is 15.2. The number of methoxy groups -OCH3 is 1. The number of rotatable bonds is 11. The summed E-state index contributed by atoms with van der Waals surface area (Å²) in [5.74, 6) is -0.887. The number of phenols is 1. The summed E-state index contributed by atoms with van der Waals surface area (Å²) < 4.78 is 4.80. The van der Waals surface area contributed by atoms with Crippen LogP contribution in [0.1, 0.15) is 84.0 Å². The Kier molecular flexibility index (Phi) is 10.8.